The van der Waals surface area contributed by atoms with Crippen LogP contribution < -0.4 is 9.47 Å². The number of phenols is 3. The molecule has 5 rings (SSSR count). The number of hydrogen-bond donors (Lipinski definition) is 6. The number of ether oxygens (including phenoxy) is 4. The summed E-state index contributed by atoms with van der Waals surface area (Å²) >= 11 is 0. The van der Waals surface area contributed by atoms with E-state index in [1.807, 2.05) is 0 Å². The first-order valence-corrected chi connectivity index (χ1v) is 13.0. The van der Waals surface area contributed by atoms with Crippen molar-refractivity contribution in [3.05, 3.63) is 83.4 Å². The molecule has 1 saturated heterocycles. The zero-order valence-corrected chi connectivity index (χ0v) is 21.9. The monoisotopic (exact) mass is 580 g/mol. The normalized spacial score (nSPS) is 25.5. The Morgan fingerprint density at radius 2 is 1.62 bits per heavy atom. The maximum absolute atomic E-state index is 12.9. The van der Waals surface area contributed by atoms with Crippen molar-refractivity contribution in [2.45, 2.75) is 43.2 Å². The molecule has 6 atom stereocenters. The Hall–Kier alpha value is -4.62. The highest BCUT2D eigenvalue weighted by Gasteiger charge is 2.48. The summed E-state index contributed by atoms with van der Waals surface area (Å²) in [5.41, 5.74) is 1.12. The van der Waals surface area contributed by atoms with Crippen molar-refractivity contribution >= 4 is 17.8 Å². The van der Waals surface area contributed by atoms with Gasteiger partial charge in [0.15, 0.2) is 11.9 Å². The number of ketones is 1. The molecule has 1 fully saturated rings. The molecular formula is C30H28O12. The summed E-state index contributed by atoms with van der Waals surface area (Å²) < 4.78 is 22.7. The van der Waals surface area contributed by atoms with E-state index >= 15 is 0 Å². The summed E-state index contributed by atoms with van der Waals surface area (Å²) in [7, 11) is 0. The standard InChI is InChI=1S/C30H28O12/c31-14-24-27(37)28(38)29(42-25(36)10-3-15-1-6-17(32)7-2-15)30(41-24)39-19-11-20(34)26-21(35)13-22(40-23(26)12-19)16-4-8-18(33)9-5-16/h1-12,22,24,27-34,37-38H,13-14H2/b10-3+/t22-,24?,27?,28?,29?,30?/m0/s1. The van der Waals surface area contributed by atoms with Crippen molar-refractivity contribution in [1.82, 2.24) is 0 Å². The van der Waals surface area contributed by atoms with E-state index in [2.05, 4.69) is 0 Å². The molecule has 3 aromatic carbocycles. The van der Waals surface area contributed by atoms with Gasteiger partial charge in [-0.15, -0.1) is 0 Å². The average Bonchev–Trinajstić information content (AvgIpc) is 2.96. The van der Waals surface area contributed by atoms with Gasteiger partial charge in [-0.1, -0.05) is 24.3 Å². The highest BCUT2D eigenvalue weighted by molar-refractivity contribution is 6.02. The maximum atomic E-state index is 12.9. The Bertz CT molecular complexity index is 1470. The van der Waals surface area contributed by atoms with Crippen molar-refractivity contribution in [3.8, 4) is 28.7 Å². The van der Waals surface area contributed by atoms with Gasteiger partial charge in [0.05, 0.1) is 13.0 Å². The Kier molecular flexibility index (Phi) is 8.31. The van der Waals surface area contributed by atoms with Crippen LogP contribution in [0.5, 0.6) is 28.7 Å². The zero-order chi connectivity index (χ0) is 30.0. The quantitative estimate of drug-likeness (QED) is 0.176. The minimum atomic E-state index is -1.73. The smallest absolute Gasteiger partial charge is 0.331 e. The van der Waals surface area contributed by atoms with E-state index in [4.69, 9.17) is 18.9 Å². The van der Waals surface area contributed by atoms with Crippen LogP contribution in [0.2, 0.25) is 0 Å². The van der Waals surface area contributed by atoms with Gasteiger partial charge in [0.25, 0.3) is 0 Å². The van der Waals surface area contributed by atoms with Gasteiger partial charge >= 0.3 is 5.97 Å². The molecule has 6 N–H and O–H groups in total. The Morgan fingerprint density at radius 1 is 0.952 bits per heavy atom. The number of esters is 1. The van der Waals surface area contributed by atoms with Crippen LogP contribution in [0, 0.1) is 0 Å². The van der Waals surface area contributed by atoms with Gasteiger partial charge < -0.3 is 49.6 Å². The fourth-order valence-corrected chi connectivity index (χ4v) is 4.69. The lowest BCUT2D eigenvalue weighted by Gasteiger charge is -2.41. The van der Waals surface area contributed by atoms with Gasteiger partial charge in [-0.25, -0.2) is 4.79 Å². The molecule has 2 aliphatic rings. The van der Waals surface area contributed by atoms with Crippen molar-refractivity contribution in [1.29, 1.82) is 0 Å². The number of Topliss-reactive ketones (excluding diaryl/α,β-unsaturated/α-hetero) is 1. The number of carbonyl (C=O) groups excluding carboxylic acids is 2. The van der Waals surface area contributed by atoms with Crippen LogP contribution in [0.25, 0.3) is 6.08 Å². The fourth-order valence-electron chi connectivity index (χ4n) is 4.69. The molecule has 12 heteroatoms. The number of rotatable bonds is 7. The van der Waals surface area contributed by atoms with Gasteiger partial charge in [0.1, 0.15) is 58.7 Å². The second-order valence-corrected chi connectivity index (χ2v) is 9.79. The van der Waals surface area contributed by atoms with Gasteiger partial charge in [0, 0.05) is 18.2 Å². The van der Waals surface area contributed by atoms with Crippen LogP contribution in [-0.2, 0) is 14.3 Å². The average molecular weight is 581 g/mol. The summed E-state index contributed by atoms with van der Waals surface area (Å²) in [4.78, 5) is 25.5. The number of aliphatic hydroxyl groups is 3. The third kappa shape index (κ3) is 6.16. The molecule has 0 aromatic heterocycles. The van der Waals surface area contributed by atoms with E-state index in [-0.39, 0.29) is 35.0 Å². The van der Waals surface area contributed by atoms with Crippen LogP contribution in [0.3, 0.4) is 0 Å². The number of hydrogen-bond acceptors (Lipinski definition) is 12. The van der Waals surface area contributed by atoms with Crippen molar-refractivity contribution < 1.29 is 59.2 Å². The molecule has 220 valence electrons. The Balaban J connectivity index is 1.38. The van der Waals surface area contributed by atoms with Gasteiger partial charge in [-0.3, -0.25) is 4.79 Å². The van der Waals surface area contributed by atoms with Crippen molar-refractivity contribution in [2.75, 3.05) is 6.61 Å². The second kappa shape index (κ2) is 12.1. The van der Waals surface area contributed by atoms with E-state index in [1.54, 1.807) is 24.3 Å². The third-order valence-corrected chi connectivity index (χ3v) is 6.87. The Morgan fingerprint density at radius 3 is 2.29 bits per heavy atom. The van der Waals surface area contributed by atoms with Gasteiger partial charge in [0.2, 0.25) is 6.29 Å². The molecule has 5 unspecified atom stereocenters. The Labute approximate surface area is 239 Å². The van der Waals surface area contributed by atoms with E-state index < -0.39 is 60.9 Å². The lowest BCUT2D eigenvalue weighted by Crippen LogP contribution is -2.61. The highest BCUT2D eigenvalue weighted by Crippen LogP contribution is 2.42. The van der Waals surface area contributed by atoms with Gasteiger partial charge in [-0.2, -0.15) is 0 Å². The molecule has 12 nitrogen and oxygen atoms in total. The minimum Gasteiger partial charge on any atom is -0.508 e. The number of fused-ring (bicyclic) bond motifs is 1. The first-order valence-electron chi connectivity index (χ1n) is 13.0. The number of aromatic hydroxyl groups is 3. The lowest BCUT2D eigenvalue weighted by atomic mass is 9.95. The van der Waals surface area contributed by atoms with Crippen LogP contribution in [0.15, 0.2) is 66.7 Å². The zero-order valence-electron chi connectivity index (χ0n) is 21.9. The van der Waals surface area contributed by atoms with Crippen molar-refractivity contribution in [3.63, 3.8) is 0 Å². The molecule has 0 saturated carbocycles. The fraction of sp³-hybridized carbons (Fsp3) is 0.267. The lowest BCUT2D eigenvalue weighted by molar-refractivity contribution is -0.281. The summed E-state index contributed by atoms with van der Waals surface area (Å²) in [6.07, 6.45) is -6.09. The molecule has 0 spiro atoms. The van der Waals surface area contributed by atoms with Crippen LogP contribution in [0.4, 0.5) is 0 Å². The molecule has 2 aliphatic heterocycles. The van der Waals surface area contributed by atoms with E-state index in [0.29, 0.717) is 11.1 Å². The summed E-state index contributed by atoms with van der Waals surface area (Å²) in [5, 5.41) is 60.4. The van der Waals surface area contributed by atoms with E-state index in [9.17, 15) is 40.2 Å². The first kappa shape index (κ1) is 28.9. The molecule has 0 amide bonds. The molecule has 0 bridgehead atoms. The number of carbonyl (C=O) groups is 2. The van der Waals surface area contributed by atoms with Gasteiger partial charge in [-0.05, 0) is 41.5 Å². The van der Waals surface area contributed by atoms with Crippen LogP contribution in [0.1, 0.15) is 34.0 Å². The second-order valence-electron chi connectivity index (χ2n) is 9.79. The minimum absolute atomic E-state index is 0.000184. The molecule has 42 heavy (non-hydrogen) atoms. The maximum Gasteiger partial charge on any atom is 0.331 e. The predicted octanol–water partition coefficient (Wildman–Crippen LogP) is 1.95. The number of phenolic OH excluding ortho intramolecular Hbond substituents is 3. The third-order valence-electron chi connectivity index (χ3n) is 6.87. The van der Waals surface area contributed by atoms with Crippen LogP contribution >= 0.6 is 0 Å². The van der Waals surface area contributed by atoms with E-state index in [0.717, 1.165) is 12.1 Å². The summed E-state index contributed by atoms with van der Waals surface area (Å²) in [5.74, 6) is -1.75. The molecule has 3 aromatic rings. The summed E-state index contributed by atoms with van der Waals surface area (Å²) in [6, 6.07) is 14.5. The van der Waals surface area contributed by atoms with E-state index in [1.165, 1.54) is 36.4 Å². The first-order chi connectivity index (χ1) is 20.1. The molecule has 0 aliphatic carbocycles. The largest absolute Gasteiger partial charge is 0.508 e. The number of benzene rings is 3. The molecular weight excluding hydrogens is 552 g/mol. The summed E-state index contributed by atoms with van der Waals surface area (Å²) in [6.45, 7) is -0.694. The SMILES string of the molecule is O=C(/C=C/c1ccc(O)cc1)OC1C(Oc2cc(O)c3c(c2)O[C@H](c2ccc(O)cc2)CC3=O)OC(CO)C(O)C1O. The number of aliphatic hydroxyl groups excluding tert-OH is 3. The van der Waals surface area contributed by atoms with Crippen LogP contribution in [-0.4, -0.2) is 79.7 Å². The molecule has 2 heterocycles. The topological polar surface area (TPSA) is 192 Å². The molecule has 0 radical (unpaired) electrons. The van der Waals surface area contributed by atoms with Crippen molar-refractivity contribution in [2.24, 2.45) is 0 Å². The predicted molar refractivity (Wildman–Crippen MR) is 144 cm³/mol. The highest BCUT2D eigenvalue weighted by atomic mass is 16.7.